The number of rotatable bonds is 2. The largest absolute Gasteiger partial charge is 0.485 e. The SMILES string of the molecule is CC(C)(C)c1cc(C(C)(C)C)n([B-]n2nc(C(C)(C)C)cc2C(C)(C)C)n1. The Hall–Kier alpha value is -1.52. The summed E-state index contributed by atoms with van der Waals surface area (Å²) in [5.41, 5.74) is 4.59. The Morgan fingerprint density at radius 2 is 0.852 bits per heavy atom. The molecule has 2 radical (unpaired) electrons. The topological polar surface area (TPSA) is 35.6 Å². The minimum Gasteiger partial charge on any atom is -0.485 e. The highest BCUT2D eigenvalue weighted by Gasteiger charge is 2.25. The van der Waals surface area contributed by atoms with E-state index in [2.05, 4.69) is 95.2 Å². The van der Waals surface area contributed by atoms with Crippen molar-refractivity contribution in [2.24, 2.45) is 0 Å². The fourth-order valence-electron chi connectivity index (χ4n) is 2.92. The lowest BCUT2D eigenvalue weighted by atomic mass is 9.86. The second-order valence-corrected chi connectivity index (χ2v) is 11.8. The van der Waals surface area contributed by atoms with Crippen LogP contribution in [0.25, 0.3) is 0 Å². The lowest BCUT2D eigenvalue weighted by Crippen LogP contribution is -2.30. The summed E-state index contributed by atoms with van der Waals surface area (Å²) in [5, 5.41) is 9.88. The molecule has 0 atom stereocenters. The quantitative estimate of drug-likeness (QED) is 0.682. The van der Waals surface area contributed by atoms with Gasteiger partial charge in [-0.05, 0) is 41.9 Å². The highest BCUT2D eigenvalue weighted by atomic mass is 15.3. The molecule has 0 spiro atoms. The van der Waals surface area contributed by atoms with Crippen LogP contribution in [0.2, 0.25) is 0 Å². The van der Waals surface area contributed by atoms with Crippen LogP contribution in [0.1, 0.15) is 106 Å². The van der Waals surface area contributed by atoms with Gasteiger partial charge in [0.05, 0.1) is 11.4 Å². The summed E-state index contributed by atoms with van der Waals surface area (Å²) in [6.45, 7) is 26.6. The average molecular weight is 369 g/mol. The van der Waals surface area contributed by atoms with Gasteiger partial charge < -0.3 is 9.19 Å². The highest BCUT2D eigenvalue weighted by molar-refractivity contribution is 6.31. The van der Waals surface area contributed by atoms with Crippen molar-refractivity contribution in [1.29, 1.82) is 0 Å². The third-order valence-corrected chi connectivity index (χ3v) is 4.76. The van der Waals surface area contributed by atoms with E-state index in [0.29, 0.717) is 0 Å². The Morgan fingerprint density at radius 3 is 1.07 bits per heavy atom. The summed E-state index contributed by atoms with van der Waals surface area (Å²) >= 11 is 0. The molecule has 27 heavy (non-hydrogen) atoms. The molecular formula is C22H38BN4-. The van der Waals surface area contributed by atoms with Crippen molar-refractivity contribution in [1.82, 2.24) is 19.4 Å². The first-order valence-electron chi connectivity index (χ1n) is 9.97. The molecular weight excluding hydrogens is 331 g/mol. The maximum Gasteiger partial charge on any atom is 0.0634 e. The molecule has 0 amide bonds. The van der Waals surface area contributed by atoms with Crippen LogP contribution < -0.4 is 0 Å². The zero-order chi connectivity index (χ0) is 21.0. The molecule has 2 aromatic rings. The van der Waals surface area contributed by atoms with E-state index in [1.54, 1.807) is 0 Å². The van der Waals surface area contributed by atoms with Crippen LogP contribution in [0.4, 0.5) is 0 Å². The molecule has 0 fully saturated rings. The van der Waals surface area contributed by atoms with Gasteiger partial charge in [-0.1, -0.05) is 83.1 Å². The molecule has 5 heteroatoms. The standard InChI is InChI=1S/C22H38BN4/c1-19(2,3)15-13-17(21(7,8)9)26(24-15)23-27-18(22(10,11)12)14-16(25-27)20(4,5)6/h13-14H,1-12H3/q-1. The van der Waals surface area contributed by atoms with Gasteiger partial charge in [-0.3, -0.25) is 0 Å². The smallest absolute Gasteiger partial charge is 0.0634 e. The second-order valence-electron chi connectivity index (χ2n) is 11.8. The molecule has 0 saturated carbocycles. The van der Waals surface area contributed by atoms with Gasteiger partial charge >= 0.3 is 0 Å². The molecule has 0 N–H and O–H groups in total. The summed E-state index contributed by atoms with van der Waals surface area (Å²) in [5.74, 6) is 0. The molecule has 2 rings (SSSR count). The van der Waals surface area contributed by atoms with Gasteiger partial charge in [0.2, 0.25) is 0 Å². The van der Waals surface area contributed by atoms with Crippen molar-refractivity contribution in [3.05, 3.63) is 34.9 Å². The molecule has 0 aromatic carbocycles. The summed E-state index contributed by atoms with van der Waals surface area (Å²) in [6, 6.07) is 4.48. The van der Waals surface area contributed by atoms with Crippen LogP contribution in [0.3, 0.4) is 0 Å². The van der Waals surface area contributed by atoms with Gasteiger partial charge in [-0.25, -0.2) is 10.2 Å². The van der Waals surface area contributed by atoms with Crippen molar-refractivity contribution in [2.75, 3.05) is 0 Å². The highest BCUT2D eigenvalue weighted by Crippen LogP contribution is 2.30. The number of hydrogen-bond acceptors (Lipinski definition) is 2. The lowest BCUT2D eigenvalue weighted by molar-refractivity contribution is 0.534. The van der Waals surface area contributed by atoms with E-state index in [-0.39, 0.29) is 21.7 Å². The van der Waals surface area contributed by atoms with Gasteiger partial charge in [0.1, 0.15) is 0 Å². The molecule has 0 aliphatic rings. The van der Waals surface area contributed by atoms with E-state index < -0.39 is 0 Å². The Labute approximate surface area is 167 Å². The van der Waals surface area contributed by atoms with E-state index >= 15 is 0 Å². The number of nitrogens with zero attached hydrogens (tertiary/aromatic N) is 4. The fourth-order valence-corrected chi connectivity index (χ4v) is 2.92. The Morgan fingerprint density at radius 1 is 0.556 bits per heavy atom. The first kappa shape index (κ1) is 21.8. The molecule has 4 nitrogen and oxygen atoms in total. The van der Waals surface area contributed by atoms with Crippen LogP contribution in [0.15, 0.2) is 12.1 Å². The third-order valence-electron chi connectivity index (χ3n) is 4.76. The molecule has 2 heterocycles. The summed E-state index contributed by atoms with van der Waals surface area (Å²) in [7, 11) is 2.05. The first-order valence-corrected chi connectivity index (χ1v) is 9.97. The van der Waals surface area contributed by atoms with Crippen LogP contribution in [-0.4, -0.2) is 26.9 Å². The van der Waals surface area contributed by atoms with Gasteiger partial charge in [0.25, 0.3) is 0 Å². The predicted molar refractivity (Wildman–Crippen MR) is 116 cm³/mol. The van der Waals surface area contributed by atoms with Crippen molar-refractivity contribution >= 4 is 7.55 Å². The molecule has 0 aliphatic heterocycles. The van der Waals surface area contributed by atoms with Crippen LogP contribution in [-0.2, 0) is 21.7 Å². The summed E-state index contributed by atoms with van der Waals surface area (Å²) in [6.07, 6.45) is 0. The molecule has 2 aromatic heterocycles. The predicted octanol–water partition coefficient (Wildman–Crippen LogP) is 5.20. The average Bonchev–Trinajstić information content (AvgIpc) is 3.00. The van der Waals surface area contributed by atoms with Crippen molar-refractivity contribution in [2.45, 2.75) is 105 Å². The molecule has 0 saturated heterocycles. The molecule has 0 unspecified atom stereocenters. The normalized spacial score (nSPS) is 14.1. The van der Waals surface area contributed by atoms with Crippen molar-refractivity contribution in [3.8, 4) is 0 Å². The van der Waals surface area contributed by atoms with Crippen molar-refractivity contribution in [3.63, 3.8) is 0 Å². The Kier molecular flexibility index (Phi) is 5.27. The Bertz CT molecular complexity index is 731. The Balaban J connectivity index is 2.60. The minimum atomic E-state index is -0.00505. The second kappa shape index (κ2) is 6.53. The van der Waals surface area contributed by atoms with E-state index in [0.717, 1.165) is 11.4 Å². The minimum absolute atomic E-state index is 0.00505. The summed E-state index contributed by atoms with van der Waals surface area (Å²) in [4.78, 5) is 0. The summed E-state index contributed by atoms with van der Waals surface area (Å²) < 4.78 is 4.05. The molecule has 0 aliphatic carbocycles. The third kappa shape index (κ3) is 4.86. The van der Waals surface area contributed by atoms with E-state index in [4.69, 9.17) is 10.2 Å². The van der Waals surface area contributed by atoms with Gasteiger partial charge in [0, 0.05) is 10.8 Å². The van der Waals surface area contributed by atoms with Crippen LogP contribution in [0.5, 0.6) is 0 Å². The maximum atomic E-state index is 4.94. The zero-order valence-electron chi connectivity index (χ0n) is 19.5. The first-order chi connectivity index (χ1) is 11.9. The van der Waals surface area contributed by atoms with Gasteiger partial charge in [0.15, 0.2) is 0 Å². The van der Waals surface area contributed by atoms with Gasteiger partial charge in [-0.2, -0.15) is 0 Å². The number of aromatic nitrogens is 4. The molecule has 0 bridgehead atoms. The fraction of sp³-hybridized carbons (Fsp3) is 0.727. The maximum absolute atomic E-state index is 4.94. The van der Waals surface area contributed by atoms with Crippen LogP contribution in [0, 0.1) is 0 Å². The van der Waals surface area contributed by atoms with Gasteiger partial charge in [-0.15, -0.1) is 0 Å². The zero-order valence-corrected chi connectivity index (χ0v) is 19.5. The van der Waals surface area contributed by atoms with E-state index in [1.807, 2.05) is 16.7 Å². The monoisotopic (exact) mass is 369 g/mol. The lowest BCUT2D eigenvalue weighted by Gasteiger charge is -2.32. The van der Waals surface area contributed by atoms with E-state index in [1.165, 1.54) is 11.4 Å². The van der Waals surface area contributed by atoms with Crippen LogP contribution >= 0.6 is 0 Å². The van der Waals surface area contributed by atoms with Crippen molar-refractivity contribution < 1.29 is 0 Å². The molecule has 150 valence electrons. The number of hydrogen-bond donors (Lipinski definition) is 0. The van der Waals surface area contributed by atoms with E-state index in [9.17, 15) is 0 Å².